The fraction of sp³-hybridized carbons (Fsp3) is 0.440. The average molecular weight is 422 g/mol. The summed E-state index contributed by atoms with van der Waals surface area (Å²) >= 11 is 0. The van der Waals surface area contributed by atoms with Gasteiger partial charge in [-0.2, -0.15) is 0 Å². The van der Waals surface area contributed by atoms with Gasteiger partial charge in [-0.05, 0) is 43.0 Å². The molecule has 2 amide bonds. The molecule has 2 fully saturated rings. The van der Waals surface area contributed by atoms with Crippen molar-refractivity contribution >= 4 is 17.5 Å². The number of nitrogens with zero attached hydrogens (tertiary/aromatic N) is 3. The number of piperidine rings is 1. The number of piperazine rings is 1. The lowest BCUT2D eigenvalue weighted by atomic mass is 10.00. The maximum Gasteiger partial charge on any atom is 0.258 e. The third-order valence-electron chi connectivity index (χ3n) is 6.41. The van der Waals surface area contributed by atoms with Gasteiger partial charge in [0.25, 0.3) is 5.91 Å². The second kappa shape index (κ2) is 9.41. The van der Waals surface area contributed by atoms with Crippen LogP contribution in [0.2, 0.25) is 0 Å². The molecule has 2 aromatic rings. The van der Waals surface area contributed by atoms with Crippen LogP contribution < -0.4 is 9.64 Å². The molecule has 4 rings (SSSR count). The molecule has 2 aromatic carbocycles. The Balaban J connectivity index is 1.67. The summed E-state index contributed by atoms with van der Waals surface area (Å²) in [7, 11) is 1.61. The zero-order chi connectivity index (χ0) is 21.8. The first-order valence-corrected chi connectivity index (χ1v) is 11.1. The van der Waals surface area contributed by atoms with E-state index in [2.05, 4.69) is 4.90 Å². The first-order valence-electron chi connectivity index (χ1n) is 11.1. The molecule has 0 aliphatic carbocycles. The van der Waals surface area contributed by atoms with Gasteiger partial charge in [0.15, 0.2) is 0 Å². The van der Waals surface area contributed by atoms with Crippen molar-refractivity contribution in [2.75, 3.05) is 44.7 Å². The molecule has 0 saturated carbocycles. The summed E-state index contributed by atoms with van der Waals surface area (Å²) in [5.74, 6) is 0.581. The molecular weight excluding hydrogens is 390 g/mol. The molecular formula is C25H31N3O3. The Morgan fingerprint density at radius 3 is 2.35 bits per heavy atom. The van der Waals surface area contributed by atoms with Crippen LogP contribution in [-0.4, -0.2) is 61.4 Å². The van der Waals surface area contributed by atoms with Gasteiger partial charge in [0.2, 0.25) is 5.91 Å². The second-order valence-corrected chi connectivity index (χ2v) is 8.32. The van der Waals surface area contributed by atoms with Gasteiger partial charge >= 0.3 is 0 Å². The van der Waals surface area contributed by atoms with Crippen molar-refractivity contribution in [1.82, 2.24) is 9.80 Å². The van der Waals surface area contributed by atoms with Crippen LogP contribution in [0.5, 0.6) is 5.75 Å². The summed E-state index contributed by atoms with van der Waals surface area (Å²) < 4.78 is 5.57. The van der Waals surface area contributed by atoms with E-state index in [1.165, 1.54) is 19.3 Å². The van der Waals surface area contributed by atoms with Crippen molar-refractivity contribution in [3.05, 3.63) is 59.7 Å². The maximum absolute atomic E-state index is 13.8. The monoisotopic (exact) mass is 421 g/mol. The molecule has 31 heavy (non-hydrogen) atoms. The van der Waals surface area contributed by atoms with Crippen molar-refractivity contribution in [3.63, 3.8) is 0 Å². The number of anilines is 1. The first-order chi connectivity index (χ1) is 15.1. The van der Waals surface area contributed by atoms with E-state index in [0.29, 0.717) is 30.9 Å². The van der Waals surface area contributed by atoms with Crippen LogP contribution in [0.1, 0.15) is 48.1 Å². The zero-order valence-electron chi connectivity index (χ0n) is 18.4. The van der Waals surface area contributed by atoms with E-state index < -0.39 is 0 Å². The summed E-state index contributed by atoms with van der Waals surface area (Å²) in [5, 5.41) is 0. The largest absolute Gasteiger partial charge is 0.496 e. The van der Waals surface area contributed by atoms with Crippen molar-refractivity contribution in [2.45, 2.75) is 32.2 Å². The summed E-state index contributed by atoms with van der Waals surface area (Å²) in [6, 6.07) is 15.7. The number of rotatable bonds is 4. The topological polar surface area (TPSA) is 53.1 Å². The average Bonchev–Trinajstić information content (AvgIpc) is 2.84. The van der Waals surface area contributed by atoms with Crippen LogP contribution >= 0.6 is 0 Å². The lowest BCUT2D eigenvalue weighted by Crippen LogP contribution is -2.52. The third-order valence-corrected chi connectivity index (χ3v) is 6.41. The predicted molar refractivity (Wildman–Crippen MR) is 122 cm³/mol. The van der Waals surface area contributed by atoms with Gasteiger partial charge in [-0.1, -0.05) is 30.3 Å². The van der Waals surface area contributed by atoms with Crippen LogP contribution in [0.4, 0.5) is 5.69 Å². The fourth-order valence-corrected chi connectivity index (χ4v) is 4.64. The molecule has 2 aliphatic heterocycles. The molecule has 2 heterocycles. The number of benzene rings is 2. The molecule has 0 unspecified atom stereocenters. The van der Waals surface area contributed by atoms with E-state index in [1.807, 2.05) is 58.3 Å². The number of amides is 2. The van der Waals surface area contributed by atoms with E-state index in [9.17, 15) is 9.59 Å². The number of carbonyl (C=O) groups excluding carboxylic acids is 2. The fourth-order valence-electron chi connectivity index (χ4n) is 4.64. The summed E-state index contributed by atoms with van der Waals surface area (Å²) in [6.07, 6.45) is 3.62. The second-order valence-electron chi connectivity index (χ2n) is 8.32. The molecule has 0 radical (unpaired) electrons. The normalized spacial score (nSPS) is 19.3. The Bertz CT molecular complexity index is 925. The van der Waals surface area contributed by atoms with Crippen LogP contribution in [0.15, 0.2) is 48.5 Å². The first kappa shape index (κ1) is 21.2. The van der Waals surface area contributed by atoms with Gasteiger partial charge in [0.05, 0.1) is 18.7 Å². The Morgan fingerprint density at radius 2 is 1.68 bits per heavy atom. The molecule has 6 heteroatoms. The molecule has 2 aliphatic rings. The smallest absolute Gasteiger partial charge is 0.258 e. The highest BCUT2D eigenvalue weighted by Gasteiger charge is 2.34. The van der Waals surface area contributed by atoms with Gasteiger partial charge in [0, 0.05) is 45.3 Å². The van der Waals surface area contributed by atoms with E-state index in [-0.39, 0.29) is 17.9 Å². The molecule has 0 bridgehead atoms. The number of hydrogen-bond donors (Lipinski definition) is 0. The van der Waals surface area contributed by atoms with E-state index >= 15 is 0 Å². The number of carbonyl (C=O) groups is 2. The van der Waals surface area contributed by atoms with E-state index in [1.54, 1.807) is 14.0 Å². The molecule has 0 spiro atoms. The minimum atomic E-state index is -0.185. The summed E-state index contributed by atoms with van der Waals surface area (Å²) in [6.45, 7) is 5.16. The quantitative estimate of drug-likeness (QED) is 0.755. The number of ether oxygens (including phenoxy) is 1. The Hall–Kier alpha value is -3.02. The van der Waals surface area contributed by atoms with Crippen molar-refractivity contribution in [2.24, 2.45) is 0 Å². The Labute approximate surface area is 184 Å². The van der Waals surface area contributed by atoms with Gasteiger partial charge in [-0.15, -0.1) is 0 Å². The van der Waals surface area contributed by atoms with Crippen molar-refractivity contribution in [3.8, 4) is 5.75 Å². The predicted octanol–water partition coefficient (Wildman–Crippen LogP) is 3.73. The van der Waals surface area contributed by atoms with Crippen LogP contribution in [-0.2, 0) is 4.79 Å². The van der Waals surface area contributed by atoms with Gasteiger partial charge in [-0.25, -0.2) is 0 Å². The minimum absolute atomic E-state index is 0.0395. The Kier molecular flexibility index (Phi) is 6.44. The van der Waals surface area contributed by atoms with Crippen molar-refractivity contribution < 1.29 is 14.3 Å². The van der Waals surface area contributed by atoms with Gasteiger partial charge in [-0.3, -0.25) is 9.59 Å². The molecule has 0 N–H and O–H groups in total. The third kappa shape index (κ3) is 4.53. The van der Waals surface area contributed by atoms with E-state index in [0.717, 1.165) is 24.3 Å². The SMILES string of the molecule is COc1ccc(N2CCCCC2)cc1C(=O)N1CCN(C(C)=O)C[C@H]1c1ccccc1. The Morgan fingerprint density at radius 1 is 0.935 bits per heavy atom. The lowest BCUT2D eigenvalue weighted by molar-refractivity contribution is -0.131. The van der Waals surface area contributed by atoms with Crippen molar-refractivity contribution in [1.29, 1.82) is 0 Å². The number of hydrogen-bond acceptors (Lipinski definition) is 4. The van der Waals surface area contributed by atoms with Gasteiger partial charge < -0.3 is 19.4 Å². The molecule has 1 atom stereocenters. The minimum Gasteiger partial charge on any atom is -0.496 e. The lowest BCUT2D eigenvalue weighted by Gasteiger charge is -2.41. The van der Waals surface area contributed by atoms with Crippen LogP contribution in [0.25, 0.3) is 0 Å². The number of methoxy groups -OCH3 is 1. The molecule has 164 valence electrons. The van der Waals surface area contributed by atoms with E-state index in [4.69, 9.17) is 4.74 Å². The van der Waals surface area contributed by atoms with Crippen LogP contribution in [0.3, 0.4) is 0 Å². The van der Waals surface area contributed by atoms with Crippen LogP contribution in [0, 0.1) is 0 Å². The maximum atomic E-state index is 13.8. The standard InChI is InChI=1S/C25H31N3O3/c1-19(29)27-15-16-28(23(18-27)20-9-5-3-6-10-20)25(30)22-17-21(11-12-24(22)31-2)26-13-7-4-8-14-26/h3,5-6,9-12,17,23H,4,7-8,13-16,18H2,1-2H3/t23-/m0/s1. The summed E-state index contributed by atoms with van der Waals surface area (Å²) in [4.78, 5) is 31.9. The molecule has 0 aromatic heterocycles. The highest BCUT2D eigenvalue weighted by molar-refractivity contribution is 5.98. The summed E-state index contributed by atoms with van der Waals surface area (Å²) in [5.41, 5.74) is 2.69. The van der Waals surface area contributed by atoms with Gasteiger partial charge in [0.1, 0.15) is 5.75 Å². The molecule has 2 saturated heterocycles. The zero-order valence-corrected chi connectivity index (χ0v) is 18.4. The molecule has 6 nitrogen and oxygen atoms in total. The highest BCUT2D eigenvalue weighted by atomic mass is 16.5. The highest BCUT2D eigenvalue weighted by Crippen LogP contribution is 2.32.